The summed E-state index contributed by atoms with van der Waals surface area (Å²) in [5.74, 6) is 0.258. The summed E-state index contributed by atoms with van der Waals surface area (Å²) in [7, 11) is 0. The maximum absolute atomic E-state index is 12.5. The van der Waals surface area contributed by atoms with Gasteiger partial charge in [-0.25, -0.2) is 0 Å². The number of rotatable bonds is 6. The van der Waals surface area contributed by atoms with Gasteiger partial charge in [-0.1, -0.05) is 6.42 Å². The molecule has 0 aromatic carbocycles. The molecule has 2 N–H and O–H groups in total. The molecular formula is C15H31N3O. The monoisotopic (exact) mass is 269 g/mol. The summed E-state index contributed by atoms with van der Waals surface area (Å²) in [5, 5.41) is 0. The van der Waals surface area contributed by atoms with Crippen LogP contribution in [0.25, 0.3) is 0 Å². The summed E-state index contributed by atoms with van der Waals surface area (Å²) in [5.41, 5.74) is 5.69. The van der Waals surface area contributed by atoms with E-state index in [-0.39, 0.29) is 18.0 Å². The molecule has 1 aliphatic rings. The van der Waals surface area contributed by atoms with Gasteiger partial charge in [-0.15, -0.1) is 0 Å². The van der Waals surface area contributed by atoms with Crippen LogP contribution in [0.15, 0.2) is 0 Å². The first-order chi connectivity index (χ1) is 8.97. The lowest BCUT2D eigenvalue weighted by Crippen LogP contribution is -2.50. The molecule has 0 bridgehead atoms. The average molecular weight is 269 g/mol. The maximum Gasteiger partial charge on any atom is 0.237 e. The number of nitrogens with two attached hydrogens (primary N) is 1. The van der Waals surface area contributed by atoms with Crippen LogP contribution in [0.3, 0.4) is 0 Å². The number of amides is 1. The molecule has 0 spiro atoms. The number of carbonyl (C=O) groups is 1. The molecule has 1 fully saturated rings. The van der Waals surface area contributed by atoms with Crippen LogP contribution in [0.1, 0.15) is 53.4 Å². The summed E-state index contributed by atoms with van der Waals surface area (Å²) < 4.78 is 0. The smallest absolute Gasteiger partial charge is 0.237 e. The molecule has 1 heterocycles. The maximum atomic E-state index is 12.5. The highest BCUT2D eigenvalue weighted by Gasteiger charge is 2.27. The predicted molar refractivity (Wildman–Crippen MR) is 80.0 cm³/mol. The van der Waals surface area contributed by atoms with Gasteiger partial charge in [-0.2, -0.15) is 0 Å². The fraction of sp³-hybridized carbons (Fsp3) is 0.933. The van der Waals surface area contributed by atoms with E-state index >= 15 is 0 Å². The second kappa shape index (κ2) is 7.85. The molecule has 1 aliphatic heterocycles. The van der Waals surface area contributed by atoms with Crippen molar-refractivity contribution in [3.05, 3.63) is 0 Å². The molecule has 1 rings (SSSR count). The Kier molecular flexibility index (Phi) is 6.80. The van der Waals surface area contributed by atoms with E-state index in [2.05, 4.69) is 32.6 Å². The average Bonchev–Trinajstić information content (AvgIpc) is 2.30. The van der Waals surface area contributed by atoms with Gasteiger partial charge in [0.15, 0.2) is 0 Å². The van der Waals surface area contributed by atoms with Gasteiger partial charge < -0.3 is 10.6 Å². The Labute approximate surface area is 118 Å². The lowest BCUT2D eigenvalue weighted by molar-refractivity contribution is -0.137. The van der Waals surface area contributed by atoms with Crippen molar-refractivity contribution < 1.29 is 4.79 Å². The Morgan fingerprint density at radius 2 is 1.89 bits per heavy atom. The molecule has 1 saturated heterocycles. The summed E-state index contributed by atoms with van der Waals surface area (Å²) in [4.78, 5) is 16.8. The van der Waals surface area contributed by atoms with Crippen molar-refractivity contribution in [1.29, 1.82) is 0 Å². The van der Waals surface area contributed by atoms with E-state index in [1.54, 1.807) is 0 Å². The number of hydrogen-bond donors (Lipinski definition) is 1. The summed E-state index contributed by atoms with van der Waals surface area (Å²) in [6, 6.07) is 1.04. The van der Waals surface area contributed by atoms with E-state index in [1.165, 1.54) is 19.3 Å². The van der Waals surface area contributed by atoms with Crippen molar-refractivity contribution in [2.24, 2.45) is 5.73 Å². The first-order valence-electron chi connectivity index (χ1n) is 7.72. The minimum Gasteiger partial charge on any atom is -0.337 e. The minimum absolute atomic E-state index is 0.258. The van der Waals surface area contributed by atoms with Gasteiger partial charge in [0.25, 0.3) is 0 Å². The quantitative estimate of drug-likeness (QED) is 0.800. The number of piperidine rings is 1. The van der Waals surface area contributed by atoms with Crippen molar-refractivity contribution in [2.75, 3.05) is 19.6 Å². The molecule has 112 valence electrons. The van der Waals surface area contributed by atoms with Gasteiger partial charge in [0.1, 0.15) is 0 Å². The Hall–Kier alpha value is -0.610. The Morgan fingerprint density at radius 1 is 1.26 bits per heavy atom. The van der Waals surface area contributed by atoms with Gasteiger partial charge in [0, 0.05) is 18.1 Å². The van der Waals surface area contributed by atoms with Gasteiger partial charge >= 0.3 is 0 Å². The Balaban J connectivity index is 2.62. The van der Waals surface area contributed by atoms with Gasteiger partial charge in [0.2, 0.25) is 5.91 Å². The fourth-order valence-electron chi connectivity index (χ4n) is 3.22. The predicted octanol–water partition coefficient (Wildman–Crippen LogP) is 1.84. The van der Waals surface area contributed by atoms with Crippen LogP contribution in [-0.2, 0) is 4.79 Å². The summed E-state index contributed by atoms with van der Waals surface area (Å²) in [6.45, 7) is 10.7. The zero-order valence-corrected chi connectivity index (χ0v) is 13.1. The number of hydrogen-bond acceptors (Lipinski definition) is 3. The van der Waals surface area contributed by atoms with Gasteiger partial charge in [-0.3, -0.25) is 9.69 Å². The molecule has 0 saturated carbocycles. The largest absolute Gasteiger partial charge is 0.337 e. The van der Waals surface area contributed by atoms with Crippen LogP contribution in [0.5, 0.6) is 0 Å². The number of carbonyl (C=O) groups excluding carboxylic acids is 1. The van der Waals surface area contributed by atoms with Crippen molar-refractivity contribution in [3.63, 3.8) is 0 Å². The second-order valence-corrected chi connectivity index (χ2v) is 6.19. The fourth-order valence-corrected chi connectivity index (χ4v) is 3.22. The molecule has 19 heavy (non-hydrogen) atoms. The van der Waals surface area contributed by atoms with E-state index in [0.717, 1.165) is 13.0 Å². The molecular weight excluding hydrogens is 238 g/mol. The van der Waals surface area contributed by atoms with Gasteiger partial charge in [-0.05, 0) is 60.0 Å². The van der Waals surface area contributed by atoms with E-state index in [1.807, 2.05) is 4.90 Å². The zero-order valence-electron chi connectivity index (χ0n) is 13.1. The van der Waals surface area contributed by atoms with Crippen LogP contribution in [0.4, 0.5) is 0 Å². The van der Waals surface area contributed by atoms with Gasteiger partial charge in [0.05, 0.1) is 6.54 Å². The number of nitrogens with zero attached hydrogens (tertiary/aromatic N) is 2. The van der Waals surface area contributed by atoms with Crippen LogP contribution in [0.2, 0.25) is 0 Å². The van der Waals surface area contributed by atoms with Crippen LogP contribution < -0.4 is 5.73 Å². The molecule has 0 aromatic rings. The first-order valence-corrected chi connectivity index (χ1v) is 7.72. The molecule has 1 atom stereocenters. The van der Waals surface area contributed by atoms with Crippen molar-refractivity contribution >= 4 is 5.91 Å². The lowest BCUT2D eigenvalue weighted by Gasteiger charge is -2.38. The third-order valence-electron chi connectivity index (χ3n) is 3.99. The Morgan fingerprint density at radius 3 is 2.42 bits per heavy atom. The van der Waals surface area contributed by atoms with Crippen LogP contribution in [-0.4, -0.2) is 53.5 Å². The highest BCUT2D eigenvalue weighted by molar-refractivity contribution is 5.78. The van der Waals surface area contributed by atoms with Crippen LogP contribution in [0, 0.1) is 0 Å². The minimum atomic E-state index is 0.258. The third kappa shape index (κ3) is 4.77. The standard InChI is InChI=1S/C15H31N3O/c1-12(2)18(13(3)4)15(19)11-17-10-6-5-7-14(17)8-9-16/h12-14H,5-11,16H2,1-4H3. The van der Waals surface area contributed by atoms with Crippen LogP contribution >= 0.6 is 0 Å². The Bertz CT molecular complexity index is 269. The lowest BCUT2D eigenvalue weighted by atomic mass is 9.99. The molecule has 1 unspecified atom stereocenters. The third-order valence-corrected chi connectivity index (χ3v) is 3.99. The topological polar surface area (TPSA) is 49.6 Å². The van der Waals surface area contributed by atoms with E-state index in [0.29, 0.717) is 19.1 Å². The molecule has 0 aliphatic carbocycles. The SMILES string of the molecule is CC(C)N(C(=O)CN1CCCCC1CCN)C(C)C. The summed E-state index contributed by atoms with van der Waals surface area (Å²) >= 11 is 0. The number of likely N-dealkylation sites (tertiary alicyclic amines) is 1. The van der Waals surface area contributed by atoms with E-state index in [9.17, 15) is 4.79 Å². The highest BCUT2D eigenvalue weighted by Crippen LogP contribution is 2.19. The second-order valence-electron chi connectivity index (χ2n) is 6.19. The highest BCUT2D eigenvalue weighted by atomic mass is 16.2. The molecule has 1 amide bonds. The van der Waals surface area contributed by atoms with Crippen molar-refractivity contribution in [3.8, 4) is 0 Å². The molecule has 0 aromatic heterocycles. The van der Waals surface area contributed by atoms with Crippen molar-refractivity contribution in [1.82, 2.24) is 9.80 Å². The molecule has 0 radical (unpaired) electrons. The normalized spacial score (nSPS) is 21.1. The van der Waals surface area contributed by atoms with Crippen molar-refractivity contribution in [2.45, 2.75) is 71.5 Å². The van der Waals surface area contributed by atoms with E-state index < -0.39 is 0 Å². The first kappa shape index (κ1) is 16.4. The van der Waals surface area contributed by atoms with E-state index in [4.69, 9.17) is 5.73 Å². The summed E-state index contributed by atoms with van der Waals surface area (Å²) in [6.07, 6.45) is 4.68. The molecule has 4 heteroatoms. The zero-order chi connectivity index (χ0) is 14.4. The molecule has 4 nitrogen and oxygen atoms in total.